The van der Waals surface area contributed by atoms with E-state index in [1.165, 1.54) is 12.1 Å². The van der Waals surface area contributed by atoms with Gasteiger partial charge in [0.2, 0.25) is 5.91 Å². The predicted octanol–water partition coefficient (Wildman–Crippen LogP) is 3.96. The lowest BCUT2D eigenvalue weighted by atomic mass is 10.0. The Hall–Kier alpha value is -2.69. The molecule has 0 spiro atoms. The van der Waals surface area contributed by atoms with Crippen molar-refractivity contribution in [1.29, 1.82) is 0 Å². The molecule has 1 N–H and O–H groups in total. The number of amides is 1. The molecule has 2 rings (SSSR count). The molecule has 0 radical (unpaired) electrons. The molecular formula is C21H24FNO3. The second-order valence-corrected chi connectivity index (χ2v) is 6.40. The van der Waals surface area contributed by atoms with Crippen LogP contribution in [0.5, 0.6) is 0 Å². The van der Waals surface area contributed by atoms with E-state index in [2.05, 4.69) is 5.32 Å². The van der Waals surface area contributed by atoms with Crippen molar-refractivity contribution >= 4 is 11.9 Å². The highest BCUT2D eigenvalue weighted by atomic mass is 19.1. The van der Waals surface area contributed by atoms with Gasteiger partial charge in [0.25, 0.3) is 0 Å². The zero-order chi connectivity index (χ0) is 18.9. The quantitative estimate of drug-likeness (QED) is 0.728. The highest BCUT2D eigenvalue weighted by Gasteiger charge is 2.19. The van der Waals surface area contributed by atoms with E-state index in [0.29, 0.717) is 6.42 Å². The minimum atomic E-state index is -0.442. The van der Waals surface area contributed by atoms with Crippen LogP contribution in [-0.2, 0) is 20.7 Å². The molecule has 0 heterocycles. The van der Waals surface area contributed by atoms with Crippen LogP contribution >= 0.6 is 0 Å². The van der Waals surface area contributed by atoms with Gasteiger partial charge in [0, 0.05) is 6.42 Å². The standard InChI is InChI=1S/C21H24FNO3/c1-15(2)26-21(25)14-19(17-6-4-3-5-7-17)23-20(24)13-10-16-8-11-18(22)12-9-16/h3-9,11-12,15,19H,10,13-14H2,1-2H3,(H,23,24). The molecule has 0 aromatic heterocycles. The summed E-state index contributed by atoms with van der Waals surface area (Å²) in [6.07, 6.45) is 0.635. The first-order valence-electron chi connectivity index (χ1n) is 8.72. The number of esters is 1. The Kier molecular flexibility index (Phi) is 7.33. The lowest BCUT2D eigenvalue weighted by Crippen LogP contribution is -2.31. The van der Waals surface area contributed by atoms with Crippen LogP contribution in [0, 0.1) is 5.82 Å². The van der Waals surface area contributed by atoms with Crippen LogP contribution in [0.25, 0.3) is 0 Å². The van der Waals surface area contributed by atoms with Crippen molar-refractivity contribution in [3.63, 3.8) is 0 Å². The number of hydrogen-bond donors (Lipinski definition) is 1. The SMILES string of the molecule is CC(C)OC(=O)CC(NC(=O)CCc1ccc(F)cc1)c1ccccc1. The van der Waals surface area contributed by atoms with Gasteiger partial charge in [-0.3, -0.25) is 9.59 Å². The molecule has 0 aliphatic rings. The molecule has 26 heavy (non-hydrogen) atoms. The van der Waals surface area contributed by atoms with Crippen molar-refractivity contribution < 1.29 is 18.7 Å². The fourth-order valence-corrected chi connectivity index (χ4v) is 2.59. The molecule has 0 aliphatic carbocycles. The van der Waals surface area contributed by atoms with Crippen LogP contribution in [0.15, 0.2) is 54.6 Å². The van der Waals surface area contributed by atoms with Gasteiger partial charge in [-0.25, -0.2) is 4.39 Å². The summed E-state index contributed by atoms with van der Waals surface area (Å²) in [7, 11) is 0. The van der Waals surface area contributed by atoms with Crippen molar-refractivity contribution in [1.82, 2.24) is 5.32 Å². The Balaban J connectivity index is 1.97. The Morgan fingerprint density at radius 2 is 1.69 bits per heavy atom. The van der Waals surface area contributed by atoms with Crippen molar-refractivity contribution in [2.24, 2.45) is 0 Å². The summed E-state index contributed by atoms with van der Waals surface area (Å²) in [6, 6.07) is 15.0. The molecule has 0 fully saturated rings. The Bertz CT molecular complexity index is 714. The third-order valence-electron chi connectivity index (χ3n) is 3.83. The zero-order valence-corrected chi connectivity index (χ0v) is 15.1. The minimum Gasteiger partial charge on any atom is -0.463 e. The molecule has 1 unspecified atom stereocenters. The molecule has 4 nitrogen and oxygen atoms in total. The molecule has 2 aromatic rings. The highest BCUT2D eigenvalue weighted by molar-refractivity contribution is 5.78. The van der Waals surface area contributed by atoms with E-state index in [-0.39, 0.29) is 36.6 Å². The predicted molar refractivity (Wildman–Crippen MR) is 97.9 cm³/mol. The Morgan fingerprint density at radius 1 is 1.04 bits per heavy atom. The monoisotopic (exact) mass is 357 g/mol. The maximum atomic E-state index is 12.9. The molecule has 1 amide bonds. The van der Waals surface area contributed by atoms with Gasteiger partial charge in [0.15, 0.2) is 0 Å². The lowest BCUT2D eigenvalue weighted by Gasteiger charge is -2.19. The van der Waals surface area contributed by atoms with Crippen molar-refractivity contribution in [2.75, 3.05) is 0 Å². The zero-order valence-electron chi connectivity index (χ0n) is 15.1. The number of aryl methyl sites for hydroxylation is 1. The maximum absolute atomic E-state index is 12.9. The summed E-state index contributed by atoms with van der Waals surface area (Å²) in [5.74, 6) is -0.820. The molecule has 0 saturated carbocycles. The molecule has 5 heteroatoms. The molecular weight excluding hydrogens is 333 g/mol. The highest BCUT2D eigenvalue weighted by Crippen LogP contribution is 2.18. The summed E-state index contributed by atoms with van der Waals surface area (Å²) in [4.78, 5) is 24.4. The summed E-state index contributed by atoms with van der Waals surface area (Å²) < 4.78 is 18.1. The van der Waals surface area contributed by atoms with E-state index < -0.39 is 6.04 Å². The molecule has 0 saturated heterocycles. The number of halogens is 1. The van der Waals surface area contributed by atoms with E-state index >= 15 is 0 Å². The van der Waals surface area contributed by atoms with Crippen LogP contribution in [0.2, 0.25) is 0 Å². The summed E-state index contributed by atoms with van der Waals surface area (Å²) in [5, 5.41) is 2.91. The topological polar surface area (TPSA) is 55.4 Å². The summed E-state index contributed by atoms with van der Waals surface area (Å²) in [5.41, 5.74) is 1.74. The van der Waals surface area contributed by atoms with Gasteiger partial charge in [-0.1, -0.05) is 42.5 Å². The van der Waals surface area contributed by atoms with Crippen molar-refractivity contribution in [2.45, 2.75) is 45.3 Å². The first-order valence-corrected chi connectivity index (χ1v) is 8.72. The second kappa shape index (κ2) is 9.70. The van der Waals surface area contributed by atoms with Crippen LogP contribution in [0.3, 0.4) is 0 Å². The average Bonchev–Trinajstić information content (AvgIpc) is 2.61. The molecule has 0 aliphatic heterocycles. The van der Waals surface area contributed by atoms with Gasteiger partial charge in [0.05, 0.1) is 18.6 Å². The Labute approximate surface area is 153 Å². The normalized spacial score (nSPS) is 11.8. The number of rotatable bonds is 8. The van der Waals surface area contributed by atoms with Gasteiger partial charge < -0.3 is 10.1 Å². The van der Waals surface area contributed by atoms with Gasteiger partial charge >= 0.3 is 5.97 Å². The van der Waals surface area contributed by atoms with Crippen LogP contribution < -0.4 is 5.32 Å². The number of benzene rings is 2. The molecule has 2 aromatic carbocycles. The third kappa shape index (κ3) is 6.67. The van der Waals surface area contributed by atoms with Gasteiger partial charge in [-0.05, 0) is 43.5 Å². The fourth-order valence-electron chi connectivity index (χ4n) is 2.59. The van der Waals surface area contributed by atoms with Gasteiger partial charge in [-0.15, -0.1) is 0 Å². The number of hydrogen-bond acceptors (Lipinski definition) is 3. The second-order valence-electron chi connectivity index (χ2n) is 6.40. The van der Waals surface area contributed by atoms with Crippen molar-refractivity contribution in [3.8, 4) is 0 Å². The number of carbonyl (C=O) groups is 2. The average molecular weight is 357 g/mol. The smallest absolute Gasteiger partial charge is 0.308 e. The molecule has 138 valence electrons. The number of carbonyl (C=O) groups excluding carboxylic acids is 2. The first-order chi connectivity index (χ1) is 12.4. The van der Waals surface area contributed by atoms with E-state index in [1.54, 1.807) is 26.0 Å². The Morgan fingerprint density at radius 3 is 2.31 bits per heavy atom. The fraction of sp³-hybridized carbons (Fsp3) is 0.333. The van der Waals surface area contributed by atoms with E-state index in [1.807, 2.05) is 30.3 Å². The number of ether oxygens (including phenoxy) is 1. The summed E-state index contributed by atoms with van der Waals surface area (Å²) in [6.45, 7) is 3.58. The molecule has 1 atom stereocenters. The van der Waals surface area contributed by atoms with E-state index in [9.17, 15) is 14.0 Å². The van der Waals surface area contributed by atoms with Crippen LogP contribution in [-0.4, -0.2) is 18.0 Å². The van der Waals surface area contributed by atoms with E-state index in [4.69, 9.17) is 4.74 Å². The minimum absolute atomic E-state index is 0.0739. The first kappa shape index (κ1) is 19.6. The summed E-state index contributed by atoms with van der Waals surface area (Å²) >= 11 is 0. The largest absolute Gasteiger partial charge is 0.463 e. The van der Waals surface area contributed by atoms with Crippen molar-refractivity contribution in [3.05, 3.63) is 71.5 Å². The molecule has 0 bridgehead atoms. The van der Waals surface area contributed by atoms with E-state index in [0.717, 1.165) is 11.1 Å². The van der Waals surface area contributed by atoms with Crippen LogP contribution in [0.1, 0.15) is 43.9 Å². The third-order valence-corrected chi connectivity index (χ3v) is 3.83. The van der Waals surface area contributed by atoms with Gasteiger partial charge in [-0.2, -0.15) is 0 Å². The maximum Gasteiger partial charge on any atom is 0.308 e. The van der Waals surface area contributed by atoms with Crippen LogP contribution in [0.4, 0.5) is 4.39 Å². The van der Waals surface area contributed by atoms with Gasteiger partial charge in [0.1, 0.15) is 5.82 Å². The number of nitrogens with one attached hydrogen (secondary N) is 1. The lowest BCUT2D eigenvalue weighted by molar-refractivity contribution is -0.148.